The van der Waals surface area contributed by atoms with Gasteiger partial charge in [0, 0.05) is 56.5 Å². The van der Waals surface area contributed by atoms with Crippen LogP contribution in [0.15, 0.2) is 84.6 Å². The van der Waals surface area contributed by atoms with Crippen LogP contribution < -0.4 is 26.6 Å². The van der Waals surface area contributed by atoms with E-state index in [2.05, 4.69) is 26.6 Å². The van der Waals surface area contributed by atoms with Crippen molar-refractivity contribution in [1.82, 2.24) is 31.5 Å². The molecule has 5 amide bonds. The number of benzene rings is 3. The fourth-order valence-corrected chi connectivity index (χ4v) is 9.36. The van der Waals surface area contributed by atoms with Crippen molar-refractivity contribution in [3.63, 3.8) is 0 Å². The zero-order valence-corrected chi connectivity index (χ0v) is 47.9. The van der Waals surface area contributed by atoms with Gasteiger partial charge in [-0.1, -0.05) is 0 Å². The Morgan fingerprint density at radius 2 is 1.18 bits per heavy atom. The van der Waals surface area contributed by atoms with E-state index in [4.69, 9.17) is 37.9 Å². The summed E-state index contributed by atoms with van der Waals surface area (Å²) in [5, 5.41) is 104. The van der Waals surface area contributed by atoms with E-state index in [1.54, 1.807) is 26.8 Å². The molecule has 0 bridgehead atoms. The molecule has 3 aliphatic rings. The highest BCUT2D eigenvalue weighted by atomic mass is 16.7. The molecule has 2 heterocycles. The second kappa shape index (κ2) is 30.8. The van der Waals surface area contributed by atoms with E-state index in [-0.39, 0.29) is 68.7 Å². The number of carbonyl (C=O) groups excluding carboxylic acids is 5. The fraction of sp³-hybridized carbons (Fsp3) is 0.537. The number of hydrogen-bond donors (Lipinski definition) is 10. The Bertz CT molecular complexity index is 2890. The minimum absolute atomic E-state index is 0.00223. The summed E-state index contributed by atoms with van der Waals surface area (Å²) in [5.74, 6) is -0.915. The number of ether oxygens (including phenoxy) is 8. The van der Waals surface area contributed by atoms with Crippen LogP contribution in [0.25, 0.3) is 0 Å². The van der Waals surface area contributed by atoms with Crippen LogP contribution >= 0.6 is 0 Å². The highest BCUT2D eigenvalue weighted by molar-refractivity contribution is 5.81. The topological polar surface area (TPSA) is 453 Å². The molecule has 33 nitrogen and oxygen atoms in total. The minimum Gasteiger partial charge on any atom is -0.466 e. The molecule has 476 valence electrons. The van der Waals surface area contributed by atoms with Gasteiger partial charge in [-0.15, -0.1) is 0 Å². The maximum absolute atomic E-state index is 14.1. The number of amides is 5. The first-order valence-electron chi connectivity index (χ1n) is 27.2. The molecule has 33 heteroatoms. The Morgan fingerprint density at radius 3 is 1.67 bits per heavy atom. The van der Waals surface area contributed by atoms with Gasteiger partial charge in [-0.05, 0) is 106 Å². The largest absolute Gasteiger partial charge is 0.466 e. The molecule has 1 aliphatic carbocycles. The third-order valence-electron chi connectivity index (χ3n) is 13.7. The molecule has 1 saturated carbocycles. The Hall–Kier alpha value is -8.41. The van der Waals surface area contributed by atoms with Crippen LogP contribution in [-0.4, -0.2) is 194 Å². The van der Waals surface area contributed by atoms with Crippen molar-refractivity contribution in [2.45, 2.75) is 145 Å². The lowest BCUT2D eigenvalue weighted by atomic mass is 9.82. The molecule has 1 saturated heterocycles. The summed E-state index contributed by atoms with van der Waals surface area (Å²) in [6, 6.07) is 9.69. The normalized spacial score (nSPS) is 24.7. The molecule has 12 atom stereocenters. The zero-order chi connectivity index (χ0) is 63.8. The lowest BCUT2D eigenvalue weighted by Gasteiger charge is -2.50. The van der Waals surface area contributed by atoms with E-state index in [9.17, 15) is 79.8 Å². The molecule has 3 aromatic carbocycles. The molecule has 6 rings (SSSR count). The van der Waals surface area contributed by atoms with Crippen LogP contribution in [0, 0.1) is 30.3 Å². The van der Waals surface area contributed by atoms with Crippen molar-refractivity contribution >= 4 is 47.3 Å². The third kappa shape index (κ3) is 19.8. The second-order valence-electron chi connectivity index (χ2n) is 21.6. The highest BCUT2D eigenvalue weighted by Gasteiger charge is 2.55. The Kier molecular flexibility index (Phi) is 24.0. The molecule has 3 aromatic rings. The number of rotatable bonds is 25. The molecule has 0 radical (unpaired) electrons. The van der Waals surface area contributed by atoms with Crippen LogP contribution in [-0.2, 0) is 62.5 Å². The maximum atomic E-state index is 14.1. The quantitative estimate of drug-likeness (QED) is 0.0251. The number of nitrogens with zero attached hydrogens (tertiary/aromatic N) is 4. The van der Waals surface area contributed by atoms with Gasteiger partial charge in [0.05, 0.1) is 58.7 Å². The van der Waals surface area contributed by atoms with Gasteiger partial charge in [0.1, 0.15) is 67.3 Å². The molecule has 0 unspecified atom stereocenters. The zero-order valence-electron chi connectivity index (χ0n) is 47.9. The average Bonchev–Trinajstić information content (AvgIpc) is 1.01. The summed E-state index contributed by atoms with van der Waals surface area (Å²) in [6.45, 7) is 3.85. The van der Waals surface area contributed by atoms with E-state index < -0.39 is 150 Å². The van der Waals surface area contributed by atoms with Crippen molar-refractivity contribution in [3.05, 3.63) is 132 Å². The third-order valence-corrected chi connectivity index (χ3v) is 13.7. The number of carbonyl (C=O) groups is 5. The van der Waals surface area contributed by atoms with Crippen molar-refractivity contribution in [1.29, 1.82) is 0 Å². The molecule has 0 spiro atoms. The van der Waals surface area contributed by atoms with Crippen molar-refractivity contribution in [2.24, 2.45) is 0 Å². The summed E-state index contributed by atoms with van der Waals surface area (Å²) < 4.78 is 46.6. The smallest absolute Gasteiger partial charge is 0.410 e. The summed E-state index contributed by atoms with van der Waals surface area (Å²) >= 11 is 0. The van der Waals surface area contributed by atoms with Crippen molar-refractivity contribution in [3.8, 4) is 0 Å². The van der Waals surface area contributed by atoms with Gasteiger partial charge in [0.25, 0.3) is 17.1 Å². The van der Waals surface area contributed by atoms with Gasteiger partial charge in [-0.3, -0.25) is 35.1 Å². The Morgan fingerprint density at radius 1 is 0.713 bits per heavy atom. The Balaban J connectivity index is 1.30. The molecule has 87 heavy (non-hydrogen) atoms. The average molecular weight is 1230 g/mol. The summed E-state index contributed by atoms with van der Waals surface area (Å²) in [5.41, 5.74) is -2.53. The van der Waals surface area contributed by atoms with Crippen molar-refractivity contribution < 1.29 is 102 Å². The molecular formula is C54H71N9O24. The number of aliphatic hydroxyl groups excluding tert-OH is 4. The number of hydrogen-bond acceptors (Lipinski definition) is 25. The summed E-state index contributed by atoms with van der Waals surface area (Å²) in [6.07, 6.45) is -16.5. The lowest BCUT2D eigenvalue weighted by molar-refractivity contribution is -0.385. The molecule has 2 fully saturated rings. The maximum Gasteiger partial charge on any atom is 0.410 e. The minimum atomic E-state index is -2.09. The lowest BCUT2D eigenvalue weighted by Crippen LogP contribution is -2.70. The van der Waals surface area contributed by atoms with Crippen LogP contribution in [0.5, 0.6) is 0 Å². The van der Waals surface area contributed by atoms with Gasteiger partial charge < -0.3 is 94.9 Å². The van der Waals surface area contributed by atoms with Gasteiger partial charge in [-0.25, -0.2) is 19.2 Å². The number of alkyl carbamates (subject to hydrolysis) is 3. The summed E-state index contributed by atoms with van der Waals surface area (Å²) in [4.78, 5) is 100. The second-order valence-corrected chi connectivity index (χ2v) is 21.6. The number of nitro benzene ring substituents is 3. The highest BCUT2D eigenvalue weighted by Crippen LogP contribution is 2.35. The van der Waals surface area contributed by atoms with Crippen LogP contribution in [0.1, 0.15) is 63.6 Å². The van der Waals surface area contributed by atoms with Crippen LogP contribution in [0.3, 0.4) is 0 Å². The molecule has 10 N–H and O–H groups in total. The van der Waals surface area contributed by atoms with Gasteiger partial charge >= 0.3 is 24.4 Å². The first-order valence-corrected chi connectivity index (χ1v) is 27.2. The predicted octanol–water partition coefficient (Wildman–Crippen LogP) is 1.91. The number of likely N-dealkylation sites (N-methyl/N-ethyl adjacent to an activating group) is 1. The van der Waals surface area contributed by atoms with Gasteiger partial charge in [-0.2, -0.15) is 0 Å². The van der Waals surface area contributed by atoms with E-state index in [0.717, 1.165) is 4.90 Å². The fourth-order valence-electron chi connectivity index (χ4n) is 9.36. The molecular weight excluding hydrogens is 1160 g/mol. The van der Waals surface area contributed by atoms with Crippen LogP contribution in [0.4, 0.5) is 36.2 Å². The van der Waals surface area contributed by atoms with Crippen LogP contribution in [0.2, 0.25) is 0 Å². The van der Waals surface area contributed by atoms with E-state index >= 15 is 0 Å². The first-order chi connectivity index (χ1) is 41.1. The number of nitrogens with one attached hydrogen (secondary N) is 5. The van der Waals surface area contributed by atoms with Gasteiger partial charge in [0.15, 0.2) is 6.29 Å². The monoisotopic (exact) mass is 1230 g/mol. The molecule has 2 aliphatic heterocycles. The number of nitro groups is 3. The van der Waals surface area contributed by atoms with E-state index in [0.29, 0.717) is 16.7 Å². The van der Waals surface area contributed by atoms with E-state index in [1.165, 1.54) is 86.8 Å². The molecule has 0 aromatic heterocycles. The van der Waals surface area contributed by atoms with E-state index in [1.807, 2.05) is 0 Å². The first kappa shape index (κ1) is 67.7. The van der Waals surface area contributed by atoms with Crippen molar-refractivity contribution in [2.75, 3.05) is 39.9 Å². The SMILES string of the molecule is CN(C(=O)OC(C)(C)C)[C@@H]1[C@@H](O)[C@@H](O[C@@H]2[C@@H](O)[C@H](O[C@H]3OC(CNCCO)=CC[C@H]3NC(=O)OCc3ccc([N+](=O)[O-])cc3)[C@@H](NC(=O)OCc3ccc([N+](=O)[O-])cc3)C[C@H]2NC(=O)[C@H](O)CCNC(=O)OCc2ccc([N+](=O)[O-])cc2)OC[C@]1(C)O. The predicted molar refractivity (Wildman–Crippen MR) is 296 cm³/mol. The van der Waals surface area contributed by atoms with Gasteiger partial charge in [0.2, 0.25) is 12.2 Å². The standard InChI is InChI=1S/C54H71N9O24/c1-53(2,3)87-52(72)60(5)45-42(67)48(83-29-54(45,4)73)86-43-38(57-46(68)40(65)20-21-56-49(69)80-26-30-6-12-33(13-7-30)61(74)75)24-39(59-51(71)82-28-32-10-16-35(17-11-32)63(78)79)44(41(43)66)85-47-37(19-18-36(84-47)25-55-22-23-64)58-50(70)81-27-31-8-14-34(15-9-31)62(76)77/h6-18,37-45,47-48,55,64-67,73H,19-29H2,1-5H3,(H,56,69)(H,57,68)(H,58,70)(H,59,71)/t37-,38-,39+,40-,41-,42-,43+,44-,45-,47-,48-,54+/m1/s1. The number of aliphatic hydroxyl groups is 5. The number of non-ortho nitro benzene ring substituents is 3. The Labute approximate surface area is 496 Å². The summed E-state index contributed by atoms with van der Waals surface area (Å²) in [7, 11) is 1.25.